The van der Waals surface area contributed by atoms with Crippen molar-refractivity contribution in [3.8, 4) is 11.1 Å². The van der Waals surface area contributed by atoms with Gasteiger partial charge in [0.15, 0.2) is 0 Å². The molecule has 4 heteroatoms. The van der Waals surface area contributed by atoms with Crippen LogP contribution in [0.15, 0.2) is 60.7 Å². The number of aliphatic hydroxyl groups excluding tert-OH is 1. The van der Waals surface area contributed by atoms with Gasteiger partial charge in [-0.1, -0.05) is 48.5 Å². The fraction of sp³-hybridized carbons (Fsp3) is 0.400. The monoisotopic (exact) mass is 463 g/mol. The Bertz CT molecular complexity index is 1110. The highest BCUT2D eigenvalue weighted by molar-refractivity contribution is 5.69. The Morgan fingerprint density at radius 1 is 0.971 bits per heavy atom. The van der Waals surface area contributed by atoms with E-state index >= 15 is 0 Å². The molecule has 0 heterocycles. The first-order chi connectivity index (χ1) is 16.1. The van der Waals surface area contributed by atoms with Crippen molar-refractivity contribution in [2.24, 2.45) is 0 Å². The number of nitrogens with one attached hydrogen (secondary N) is 1. The van der Waals surface area contributed by atoms with Gasteiger partial charge in [-0.15, -0.1) is 0 Å². The van der Waals surface area contributed by atoms with Gasteiger partial charge in [0.05, 0.1) is 18.8 Å². The van der Waals surface area contributed by atoms with E-state index in [1.54, 1.807) is 19.1 Å². The van der Waals surface area contributed by atoms with Gasteiger partial charge >= 0.3 is 0 Å². The molecule has 3 rings (SSSR count). The van der Waals surface area contributed by atoms with Crippen molar-refractivity contribution >= 4 is 0 Å². The van der Waals surface area contributed by atoms with E-state index in [-0.39, 0.29) is 24.1 Å². The molecule has 2 N–H and O–H groups in total. The van der Waals surface area contributed by atoms with E-state index < -0.39 is 6.10 Å². The molecule has 0 radical (unpaired) electrons. The lowest BCUT2D eigenvalue weighted by Crippen LogP contribution is -2.46. The van der Waals surface area contributed by atoms with Gasteiger partial charge < -0.3 is 15.2 Å². The molecule has 0 aromatic heterocycles. The van der Waals surface area contributed by atoms with Crippen molar-refractivity contribution < 1.29 is 14.2 Å². The molecule has 34 heavy (non-hydrogen) atoms. The molecule has 182 valence electrons. The summed E-state index contributed by atoms with van der Waals surface area (Å²) in [7, 11) is 0. The van der Waals surface area contributed by atoms with Crippen LogP contribution in [-0.2, 0) is 11.2 Å². The van der Waals surface area contributed by atoms with E-state index in [1.165, 1.54) is 22.3 Å². The van der Waals surface area contributed by atoms with Crippen LogP contribution in [0.1, 0.15) is 54.7 Å². The van der Waals surface area contributed by atoms with Crippen LogP contribution in [0.3, 0.4) is 0 Å². The summed E-state index contributed by atoms with van der Waals surface area (Å²) in [4.78, 5) is 0. The maximum absolute atomic E-state index is 13.9. The number of aryl methyl sites for hydroxylation is 2. The predicted molar refractivity (Wildman–Crippen MR) is 139 cm³/mol. The number of ether oxygens (including phenoxy) is 1. The average molecular weight is 464 g/mol. The number of benzene rings is 3. The van der Waals surface area contributed by atoms with Crippen molar-refractivity contribution in [2.45, 2.75) is 65.7 Å². The number of halogens is 1. The van der Waals surface area contributed by atoms with E-state index in [2.05, 4.69) is 75.5 Å². The van der Waals surface area contributed by atoms with Gasteiger partial charge in [-0.3, -0.25) is 0 Å². The summed E-state index contributed by atoms with van der Waals surface area (Å²) in [6.45, 7) is 12.8. The van der Waals surface area contributed by atoms with Crippen LogP contribution < -0.4 is 5.32 Å². The van der Waals surface area contributed by atoms with E-state index in [4.69, 9.17) is 4.74 Å². The van der Waals surface area contributed by atoms with E-state index in [9.17, 15) is 9.50 Å². The van der Waals surface area contributed by atoms with Gasteiger partial charge in [0.1, 0.15) is 5.82 Å². The van der Waals surface area contributed by atoms with Crippen molar-refractivity contribution in [3.63, 3.8) is 0 Å². The van der Waals surface area contributed by atoms with Crippen LogP contribution in [-0.4, -0.2) is 29.9 Å². The molecule has 3 nitrogen and oxygen atoms in total. The molecule has 0 saturated carbocycles. The first-order valence-electron chi connectivity index (χ1n) is 12.0. The number of aliphatic hydroxyl groups is 1. The second kappa shape index (κ2) is 11.3. The lowest BCUT2D eigenvalue weighted by atomic mass is 9.94. The summed E-state index contributed by atoms with van der Waals surface area (Å²) in [6.07, 6.45) is -0.110. The minimum Gasteiger partial charge on any atom is -0.389 e. The predicted octanol–water partition coefficient (Wildman–Crippen LogP) is 6.47. The number of hydrogen-bond donors (Lipinski definition) is 2. The zero-order valence-electron chi connectivity index (χ0n) is 21.3. The molecule has 0 bridgehead atoms. The van der Waals surface area contributed by atoms with E-state index in [0.29, 0.717) is 18.5 Å². The zero-order valence-corrected chi connectivity index (χ0v) is 21.3. The summed E-state index contributed by atoms with van der Waals surface area (Å²) in [5, 5.41) is 13.9. The van der Waals surface area contributed by atoms with Crippen LogP contribution in [0.4, 0.5) is 4.39 Å². The third-order valence-corrected chi connectivity index (χ3v) is 6.51. The summed E-state index contributed by atoms with van der Waals surface area (Å²) < 4.78 is 19.9. The Kier molecular flexibility index (Phi) is 8.64. The minimum atomic E-state index is -0.640. The lowest BCUT2D eigenvalue weighted by molar-refractivity contribution is -0.00416. The molecule has 0 aliphatic heterocycles. The standard InChI is InChI=1S/C30H38FNO2/c1-20-9-7-12-28(22(20)3)26-11-8-10-25(16-26)23(4)34-19-27(33)18-32-30(5,6)17-24-14-13-21(2)29(31)15-24/h7-16,23,27,32-33H,17-19H2,1-6H3/t23?,27-/m1/s1. The molecule has 0 fully saturated rings. The Labute approximate surface area is 204 Å². The molecular weight excluding hydrogens is 425 g/mol. The SMILES string of the molecule is Cc1ccc(CC(C)(C)NC[C@@H](O)COC(C)c2cccc(-c3cccc(C)c3C)c2)cc1F. The molecule has 3 aromatic carbocycles. The second-order valence-electron chi connectivity index (χ2n) is 10.0. The van der Waals surface area contributed by atoms with Crippen molar-refractivity contribution in [1.82, 2.24) is 5.32 Å². The average Bonchev–Trinajstić information content (AvgIpc) is 2.80. The summed E-state index contributed by atoms with van der Waals surface area (Å²) >= 11 is 0. The smallest absolute Gasteiger partial charge is 0.126 e. The molecule has 1 unspecified atom stereocenters. The summed E-state index contributed by atoms with van der Waals surface area (Å²) in [6, 6.07) is 20.1. The topological polar surface area (TPSA) is 41.5 Å². The normalized spacial score (nSPS) is 13.6. The summed E-state index contributed by atoms with van der Waals surface area (Å²) in [5.74, 6) is -0.183. The second-order valence-corrected chi connectivity index (χ2v) is 10.0. The number of rotatable bonds is 10. The number of hydrogen-bond acceptors (Lipinski definition) is 3. The molecule has 3 aromatic rings. The van der Waals surface area contributed by atoms with E-state index in [1.807, 2.05) is 13.0 Å². The van der Waals surface area contributed by atoms with E-state index in [0.717, 1.165) is 11.1 Å². The Balaban J connectivity index is 1.53. The third-order valence-electron chi connectivity index (χ3n) is 6.51. The van der Waals surface area contributed by atoms with Crippen LogP contribution in [0.5, 0.6) is 0 Å². The lowest BCUT2D eigenvalue weighted by Gasteiger charge is -2.28. The van der Waals surface area contributed by atoms with Crippen molar-refractivity contribution in [3.05, 3.63) is 94.3 Å². The molecule has 2 atom stereocenters. The molecule has 0 spiro atoms. The van der Waals surface area contributed by atoms with Crippen molar-refractivity contribution in [2.75, 3.05) is 13.2 Å². The first-order valence-corrected chi connectivity index (χ1v) is 12.0. The highest BCUT2D eigenvalue weighted by atomic mass is 19.1. The Morgan fingerprint density at radius 2 is 1.71 bits per heavy atom. The van der Waals surface area contributed by atoms with Crippen LogP contribution >= 0.6 is 0 Å². The molecule has 0 amide bonds. The minimum absolute atomic E-state index is 0.136. The van der Waals surface area contributed by atoms with Crippen LogP contribution in [0, 0.1) is 26.6 Å². The molecule has 0 aliphatic carbocycles. The summed E-state index contributed by atoms with van der Waals surface area (Å²) in [5.41, 5.74) is 7.34. The maximum Gasteiger partial charge on any atom is 0.126 e. The van der Waals surface area contributed by atoms with Gasteiger partial charge in [0, 0.05) is 12.1 Å². The first kappa shape index (κ1) is 26.1. The van der Waals surface area contributed by atoms with Crippen molar-refractivity contribution in [1.29, 1.82) is 0 Å². The molecular formula is C30H38FNO2. The largest absolute Gasteiger partial charge is 0.389 e. The highest BCUT2D eigenvalue weighted by Gasteiger charge is 2.20. The third kappa shape index (κ3) is 6.99. The molecule has 0 aliphatic rings. The van der Waals surface area contributed by atoms with Gasteiger partial charge in [-0.05, 0) is 99.0 Å². The quantitative estimate of drug-likeness (QED) is 0.362. The van der Waals surface area contributed by atoms with Gasteiger partial charge in [0.25, 0.3) is 0 Å². The zero-order chi connectivity index (χ0) is 24.9. The number of β-amino-alcohol motifs (C(OH)–C–C–N with tert-alkyl or cyclic N) is 1. The maximum atomic E-state index is 13.9. The van der Waals surface area contributed by atoms with Gasteiger partial charge in [0.2, 0.25) is 0 Å². The van der Waals surface area contributed by atoms with Crippen LogP contribution in [0.25, 0.3) is 11.1 Å². The Hall–Kier alpha value is -2.53. The van der Waals surface area contributed by atoms with Gasteiger partial charge in [-0.25, -0.2) is 4.39 Å². The molecule has 0 saturated heterocycles. The highest BCUT2D eigenvalue weighted by Crippen LogP contribution is 2.28. The Morgan fingerprint density at radius 3 is 2.44 bits per heavy atom. The fourth-order valence-electron chi connectivity index (χ4n) is 4.15. The van der Waals surface area contributed by atoms with Gasteiger partial charge in [-0.2, -0.15) is 0 Å². The van der Waals surface area contributed by atoms with Crippen LogP contribution in [0.2, 0.25) is 0 Å². The fourth-order valence-corrected chi connectivity index (χ4v) is 4.15.